The lowest BCUT2D eigenvalue weighted by atomic mass is 10.1. The number of hydrogen-bond acceptors (Lipinski definition) is 5. The van der Waals surface area contributed by atoms with Crippen LogP contribution in [0.5, 0.6) is 5.75 Å². The Hall–Kier alpha value is -2.73. The molecule has 0 atom stereocenters. The fraction of sp³-hybridized carbons (Fsp3) is 0.167. The number of nitrogens with one attached hydrogen (secondary N) is 1. The molecular formula is C18H16N2O3S. The Morgan fingerprint density at radius 2 is 1.92 bits per heavy atom. The summed E-state index contributed by atoms with van der Waals surface area (Å²) in [5.74, 6) is 0.252. The molecule has 24 heavy (non-hydrogen) atoms. The molecule has 1 amide bonds. The van der Waals surface area contributed by atoms with Crippen molar-refractivity contribution in [1.29, 1.82) is 0 Å². The van der Waals surface area contributed by atoms with Gasteiger partial charge in [-0.15, -0.1) is 0 Å². The molecule has 0 bridgehead atoms. The van der Waals surface area contributed by atoms with Crippen molar-refractivity contribution in [1.82, 2.24) is 4.98 Å². The predicted octanol–water partition coefficient (Wildman–Crippen LogP) is 3.82. The van der Waals surface area contributed by atoms with Crippen LogP contribution in [0.4, 0.5) is 5.13 Å². The fourth-order valence-electron chi connectivity index (χ4n) is 2.18. The number of ketones is 1. The van der Waals surface area contributed by atoms with E-state index in [9.17, 15) is 9.59 Å². The summed E-state index contributed by atoms with van der Waals surface area (Å²) in [5, 5.41) is 3.29. The van der Waals surface area contributed by atoms with Crippen molar-refractivity contribution in [2.75, 3.05) is 11.9 Å². The second-order valence-corrected chi connectivity index (χ2v) is 6.44. The molecule has 2 aromatic carbocycles. The number of carbonyl (C=O) groups is 2. The van der Waals surface area contributed by atoms with Crippen molar-refractivity contribution in [3.8, 4) is 5.75 Å². The van der Waals surface area contributed by atoms with Crippen LogP contribution in [-0.2, 0) is 4.79 Å². The van der Waals surface area contributed by atoms with Crippen molar-refractivity contribution >= 4 is 38.4 Å². The first-order chi connectivity index (χ1) is 11.5. The number of anilines is 1. The monoisotopic (exact) mass is 340 g/mol. The molecule has 122 valence electrons. The molecule has 0 fully saturated rings. The third kappa shape index (κ3) is 3.78. The van der Waals surface area contributed by atoms with E-state index >= 15 is 0 Å². The van der Waals surface area contributed by atoms with Crippen LogP contribution in [0.15, 0.2) is 42.5 Å². The highest BCUT2D eigenvalue weighted by atomic mass is 32.1. The predicted molar refractivity (Wildman–Crippen MR) is 94.9 cm³/mol. The molecule has 3 aromatic rings. The van der Waals surface area contributed by atoms with E-state index in [1.54, 1.807) is 24.3 Å². The summed E-state index contributed by atoms with van der Waals surface area (Å²) in [7, 11) is 0. The zero-order valence-corrected chi connectivity index (χ0v) is 14.1. The zero-order valence-electron chi connectivity index (χ0n) is 13.3. The molecule has 1 N–H and O–H groups in total. The van der Waals surface area contributed by atoms with Crippen molar-refractivity contribution in [3.63, 3.8) is 0 Å². The van der Waals surface area contributed by atoms with E-state index in [4.69, 9.17) is 4.74 Å². The van der Waals surface area contributed by atoms with E-state index in [-0.39, 0.29) is 18.3 Å². The number of hydrogen-bond donors (Lipinski definition) is 1. The van der Waals surface area contributed by atoms with Gasteiger partial charge in [0.05, 0.1) is 10.2 Å². The normalized spacial score (nSPS) is 10.6. The number of fused-ring (bicyclic) bond motifs is 1. The molecule has 0 aliphatic heterocycles. The van der Waals surface area contributed by atoms with Gasteiger partial charge in [0.15, 0.2) is 17.5 Å². The Bertz CT molecular complexity index is 900. The highest BCUT2D eigenvalue weighted by molar-refractivity contribution is 7.22. The molecule has 0 aliphatic carbocycles. The Morgan fingerprint density at radius 1 is 1.17 bits per heavy atom. The lowest BCUT2D eigenvalue weighted by molar-refractivity contribution is -0.118. The van der Waals surface area contributed by atoms with Gasteiger partial charge in [0.2, 0.25) is 0 Å². The first-order valence-electron chi connectivity index (χ1n) is 7.42. The molecule has 1 heterocycles. The zero-order chi connectivity index (χ0) is 17.1. The van der Waals surface area contributed by atoms with E-state index in [2.05, 4.69) is 10.3 Å². The summed E-state index contributed by atoms with van der Waals surface area (Å²) in [6.45, 7) is 3.40. The molecule has 1 aromatic heterocycles. The number of rotatable bonds is 5. The van der Waals surface area contributed by atoms with Gasteiger partial charge in [0.25, 0.3) is 5.91 Å². The number of carbonyl (C=O) groups excluding carboxylic acids is 2. The molecule has 6 heteroatoms. The number of ether oxygens (including phenoxy) is 1. The van der Waals surface area contributed by atoms with Crippen LogP contribution in [0.2, 0.25) is 0 Å². The minimum atomic E-state index is -0.276. The van der Waals surface area contributed by atoms with Gasteiger partial charge in [-0.25, -0.2) is 4.98 Å². The lowest BCUT2D eigenvalue weighted by Crippen LogP contribution is -2.20. The van der Waals surface area contributed by atoms with Gasteiger partial charge in [0, 0.05) is 5.56 Å². The van der Waals surface area contributed by atoms with E-state index in [0.717, 1.165) is 15.8 Å². The van der Waals surface area contributed by atoms with Crippen LogP contribution in [0.3, 0.4) is 0 Å². The van der Waals surface area contributed by atoms with Crippen molar-refractivity contribution in [2.24, 2.45) is 0 Å². The third-order valence-electron chi connectivity index (χ3n) is 3.42. The molecular weight excluding hydrogens is 324 g/mol. The van der Waals surface area contributed by atoms with Crippen LogP contribution in [0.1, 0.15) is 22.8 Å². The van der Waals surface area contributed by atoms with Gasteiger partial charge < -0.3 is 4.74 Å². The minimum absolute atomic E-state index is 0.00892. The highest BCUT2D eigenvalue weighted by Gasteiger charge is 2.09. The second kappa shape index (κ2) is 6.80. The Labute approximate surface area is 143 Å². The van der Waals surface area contributed by atoms with Gasteiger partial charge in [-0.2, -0.15) is 0 Å². The van der Waals surface area contributed by atoms with Gasteiger partial charge in [0.1, 0.15) is 5.75 Å². The maximum Gasteiger partial charge on any atom is 0.264 e. The maximum atomic E-state index is 12.0. The fourth-order valence-corrected chi connectivity index (χ4v) is 3.16. The quantitative estimate of drug-likeness (QED) is 0.717. The minimum Gasteiger partial charge on any atom is -0.484 e. The van der Waals surface area contributed by atoms with E-state index in [0.29, 0.717) is 16.4 Å². The van der Waals surface area contributed by atoms with E-state index < -0.39 is 0 Å². The van der Waals surface area contributed by atoms with E-state index in [1.165, 1.54) is 18.3 Å². The summed E-state index contributed by atoms with van der Waals surface area (Å²) in [5.41, 5.74) is 2.62. The molecule has 0 aliphatic rings. The van der Waals surface area contributed by atoms with Crippen LogP contribution in [0.25, 0.3) is 10.2 Å². The largest absolute Gasteiger partial charge is 0.484 e. The SMILES string of the molecule is CC(=O)c1ccc(OCC(=O)Nc2nc3ccc(C)cc3s2)cc1. The average molecular weight is 340 g/mol. The van der Waals surface area contributed by atoms with Crippen LogP contribution in [-0.4, -0.2) is 23.3 Å². The van der Waals surface area contributed by atoms with Gasteiger partial charge in [-0.3, -0.25) is 14.9 Å². The molecule has 0 saturated carbocycles. The lowest BCUT2D eigenvalue weighted by Gasteiger charge is -2.06. The third-order valence-corrected chi connectivity index (χ3v) is 4.35. The number of benzene rings is 2. The summed E-state index contributed by atoms with van der Waals surface area (Å²) in [4.78, 5) is 27.6. The topological polar surface area (TPSA) is 68.3 Å². The number of amides is 1. The number of Topliss-reactive ketones (excluding diaryl/α,β-unsaturated/α-hetero) is 1. The van der Waals surface area contributed by atoms with Gasteiger partial charge in [-0.1, -0.05) is 17.4 Å². The summed E-state index contributed by atoms with van der Waals surface area (Å²) >= 11 is 1.43. The van der Waals surface area contributed by atoms with Crippen molar-refractivity contribution in [3.05, 3.63) is 53.6 Å². The smallest absolute Gasteiger partial charge is 0.264 e. The summed E-state index contributed by atoms with van der Waals surface area (Å²) < 4.78 is 6.45. The summed E-state index contributed by atoms with van der Waals surface area (Å²) in [6.07, 6.45) is 0. The van der Waals surface area contributed by atoms with Gasteiger partial charge in [-0.05, 0) is 55.8 Å². The highest BCUT2D eigenvalue weighted by Crippen LogP contribution is 2.26. The number of aromatic nitrogens is 1. The Balaban J connectivity index is 1.59. The molecule has 0 saturated heterocycles. The maximum absolute atomic E-state index is 12.0. The molecule has 0 unspecified atom stereocenters. The first kappa shape index (κ1) is 16.1. The average Bonchev–Trinajstić information content (AvgIpc) is 2.94. The van der Waals surface area contributed by atoms with Crippen LogP contribution in [0, 0.1) is 6.92 Å². The molecule has 3 rings (SSSR count). The molecule has 5 nitrogen and oxygen atoms in total. The van der Waals surface area contributed by atoms with Crippen LogP contribution < -0.4 is 10.1 Å². The molecule has 0 spiro atoms. The number of nitrogens with zero attached hydrogens (tertiary/aromatic N) is 1. The first-order valence-corrected chi connectivity index (χ1v) is 8.24. The number of aryl methyl sites for hydroxylation is 1. The van der Waals surface area contributed by atoms with Crippen LogP contribution >= 0.6 is 11.3 Å². The Morgan fingerprint density at radius 3 is 2.62 bits per heavy atom. The van der Waals surface area contributed by atoms with Gasteiger partial charge >= 0.3 is 0 Å². The van der Waals surface area contributed by atoms with Crippen molar-refractivity contribution in [2.45, 2.75) is 13.8 Å². The standard InChI is InChI=1S/C18H16N2O3S/c1-11-3-8-15-16(9-11)24-18(19-15)20-17(22)10-23-14-6-4-13(5-7-14)12(2)21/h3-9H,10H2,1-2H3,(H,19,20,22). The second-order valence-electron chi connectivity index (χ2n) is 5.41. The Kier molecular flexibility index (Phi) is 4.57. The van der Waals surface area contributed by atoms with Crippen molar-refractivity contribution < 1.29 is 14.3 Å². The molecule has 0 radical (unpaired) electrons. The number of thiazole rings is 1. The summed E-state index contributed by atoms with van der Waals surface area (Å²) in [6, 6.07) is 12.6. The van der Waals surface area contributed by atoms with E-state index in [1.807, 2.05) is 25.1 Å².